The second kappa shape index (κ2) is 17.3. The lowest BCUT2D eigenvalue weighted by molar-refractivity contribution is -0.123. The zero-order chi connectivity index (χ0) is 28.9. The van der Waals surface area contributed by atoms with Crippen molar-refractivity contribution in [2.75, 3.05) is 26.4 Å². The zero-order valence-corrected chi connectivity index (χ0v) is 24.5. The van der Waals surface area contributed by atoms with E-state index in [1.807, 2.05) is 13.8 Å². The van der Waals surface area contributed by atoms with E-state index in [1.54, 1.807) is 36.4 Å². The molecule has 0 saturated carbocycles. The lowest BCUT2D eigenvalue weighted by Gasteiger charge is -2.16. The van der Waals surface area contributed by atoms with Crippen LogP contribution in [0.1, 0.15) is 50.7 Å². The summed E-state index contributed by atoms with van der Waals surface area (Å²) in [6.07, 6.45) is 1.15. The Kier molecular flexibility index (Phi) is 14.2. The Hall–Kier alpha value is -3.56. The van der Waals surface area contributed by atoms with Crippen LogP contribution in [0.5, 0.6) is 17.2 Å². The first-order valence-corrected chi connectivity index (χ1v) is 13.4. The summed E-state index contributed by atoms with van der Waals surface area (Å²) in [7, 11) is 0. The first-order valence-electron chi connectivity index (χ1n) is 13.0. The molecule has 1 heterocycles. The fourth-order valence-corrected chi connectivity index (χ4v) is 3.96. The molecule has 0 radical (unpaired) electrons. The fourth-order valence-electron chi connectivity index (χ4n) is 3.72. The average molecular weight is 609 g/mol. The molecule has 2 amide bonds. The minimum atomic E-state index is -0.663. The first-order chi connectivity index (χ1) is 19.2. The van der Waals surface area contributed by atoms with E-state index in [0.717, 1.165) is 11.3 Å². The Morgan fingerprint density at radius 2 is 1.93 bits per heavy atom. The summed E-state index contributed by atoms with van der Waals surface area (Å²) in [5.41, 5.74) is 4.28. The molecule has 0 fully saturated rings. The topological polar surface area (TPSA) is 154 Å². The van der Waals surface area contributed by atoms with E-state index in [9.17, 15) is 20.0 Å². The maximum absolute atomic E-state index is 12.2. The van der Waals surface area contributed by atoms with E-state index in [0.29, 0.717) is 73.3 Å². The Balaban J connectivity index is 0.00000588. The van der Waals surface area contributed by atoms with E-state index in [-0.39, 0.29) is 36.9 Å². The number of benzene rings is 2. The molecule has 2 aromatic carbocycles. The molecule has 13 heteroatoms. The molecule has 0 aliphatic carbocycles. The van der Waals surface area contributed by atoms with E-state index in [4.69, 9.17) is 25.8 Å². The molecule has 41 heavy (non-hydrogen) atoms. The van der Waals surface area contributed by atoms with E-state index in [2.05, 4.69) is 27.2 Å². The van der Waals surface area contributed by atoms with Gasteiger partial charge in [-0.2, -0.15) is 10.4 Å². The Morgan fingerprint density at radius 3 is 2.61 bits per heavy atom. The molecule has 222 valence electrons. The minimum absolute atomic E-state index is 0. The summed E-state index contributed by atoms with van der Waals surface area (Å²) < 4.78 is 16.9. The molecule has 0 spiro atoms. The summed E-state index contributed by atoms with van der Waals surface area (Å²) in [5.74, 6) is 0.865. The SMILES string of the molecule is CC(C)NC(O)CCOc1ccc(OCCCNC(=O)COc2ccc(C3=NNC(=O)CC3)cc2Cl)c(C#N)c1.Cl. The normalized spacial score (nSPS) is 13.3. The second-order valence-corrected chi connectivity index (χ2v) is 9.73. The Bertz CT molecular complexity index is 1250. The fraction of sp³-hybridized carbons (Fsp3) is 0.429. The van der Waals surface area contributed by atoms with E-state index >= 15 is 0 Å². The molecule has 1 unspecified atom stereocenters. The van der Waals surface area contributed by atoms with Gasteiger partial charge in [0.25, 0.3) is 5.91 Å². The van der Waals surface area contributed by atoms with Crippen LogP contribution in [-0.4, -0.2) is 61.3 Å². The van der Waals surface area contributed by atoms with Crippen LogP contribution in [0, 0.1) is 11.3 Å². The minimum Gasteiger partial charge on any atom is -0.493 e. The van der Waals surface area contributed by atoms with Gasteiger partial charge in [-0.3, -0.25) is 14.9 Å². The van der Waals surface area contributed by atoms with Crippen molar-refractivity contribution in [2.24, 2.45) is 5.10 Å². The number of halogens is 2. The quantitative estimate of drug-likeness (QED) is 0.178. The highest BCUT2D eigenvalue weighted by Crippen LogP contribution is 2.27. The molecular formula is C28H35Cl2N5O6. The number of ether oxygens (including phenoxy) is 3. The number of aliphatic hydroxyl groups is 1. The van der Waals surface area contributed by atoms with Crippen molar-refractivity contribution >= 4 is 41.5 Å². The smallest absolute Gasteiger partial charge is 0.257 e. The van der Waals surface area contributed by atoms with Gasteiger partial charge in [0, 0.05) is 37.9 Å². The lowest BCUT2D eigenvalue weighted by atomic mass is 10.0. The molecule has 0 aromatic heterocycles. The molecular weight excluding hydrogens is 573 g/mol. The van der Waals surface area contributed by atoms with Gasteiger partial charge in [0.05, 0.1) is 29.5 Å². The van der Waals surface area contributed by atoms with Crippen molar-refractivity contribution < 1.29 is 28.9 Å². The molecule has 0 bridgehead atoms. The summed E-state index contributed by atoms with van der Waals surface area (Å²) in [5, 5.41) is 29.4. The number of hydrogen-bond donors (Lipinski definition) is 4. The van der Waals surface area contributed by atoms with Gasteiger partial charge in [-0.1, -0.05) is 11.6 Å². The third kappa shape index (κ3) is 11.4. The average Bonchev–Trinajstić information content (AvgIpc) is 2.92. The molecule has 0 saturated heterocycles. The molecule has 11 nitrogen and oxygen atoms in total. The number of carbonyl (C=O) groups is 2. The number of hydrazone groups is 1. The van der Waals surface area contributed by atoms with Gasteiger partial charge in [-0.05, 0) is 56.2 Å². The van der Waals surface area contributed by atoms with Crippen LogP contribution in [0.3, 0.4) is 0 Å². The third-order valence-corrected chi connectivity index (χ3v) is 5.98. The van der Waals surface area contributed by atoms with Crippen molar-refractivity contribution in [3.05, 3.63) is 52.5 Å². The maximum atomic E-state index is 12.2. The number of aliphatic hydroxyl groups excluding tert-OH is 1. The highest BCUT2D eigenvalue weighted by atomic mass is 35.5. The van der Waals surface area contributed by atoms with E-state index in [1.165, 1.54) is 0 Å². The predicted octanol–water partition coefficient (Wildman–Crippen LogP) is 3.30. The first kappa shape index (κ1) is 33.6. The number of nitrogens with one attached hydrogen (secondary N) is 3. The van der Waals surface area contributed by atoms with Gasteiger partial charge >= 0.3 is 0 Å². The summed E-state index contributed by atoms with van der Waals surface area (Å²) in [6.45, 7) is 4.63. The van der Waals surface area contributed by atoms with Gasteiger partial charge in [-0.25, -0.2) is 5.43 Å². The Labute approximate surface area is 250 Å². The molecule has 4 N–H and O–H groups in total. The van der Waals surface area contributed by atoms with E-state index < -0.39 is 6.23 Å². The van der Waals surface area contributed by atoms with Gasteiger partial charge in [-0.15, -0.1) is 12.4 Å². The Morgan fingerprint density at radius 1 is 1.15 bits per heavy atom. The van der Waals surface area contributed by atoms with Gasteiger partial charge in [0.2, 0.25) is 5.91 Å². The van der Waals surface area contributed by atoms with Crippen molar-refractivity contribution in [3.8, 4) is 23.3 Å². The monoisotopic (exact) mass is 607 g/mol. The van der Waals surface area contributed by atoms with Crippen molar-refractivity contribution in [3.63, 3.8) is 0 Å². The molecule has 1 aliphatic heterocycles. The number of nitrogens with zero attached hydrogens (tertiary/aromatic N) is 2. The number of rotatable bonds is 15. The van der Waals surface area contributed by atoms with Gasteiger partial charge in [0.15, 0.2) is 6.61 Å². The summed E-state index contributed by atoms with van der Waals surface area (Å²) >= 11 is 6.29. The van der Waals surface area contributed by atoms with Crippen LogP contribution in [0.2, 0.25) is 5.02 Å². The summed E-state index contributed by atoms with van der Waals surface area (Å²) in [4.78, 5) is 23.4. The van der Waals surface area contributed by atoms with Crippen LogP contribution < -0.4 is 30.3 Å². The van der Waals surface area contributed by atoms with Crippen LogP contribution >= 0.6 is 24.0 Å². The van der Waals surface area contributed by atoms with Crippen LogP contribution in [-0.2, 0) is 9.59 Å². The number of carbonyl (C=O) groups excluding carboxylic acids is 2. The molecule has 3 rings (SSSR count). The second-order valence-electron chi connectivity index (χ2n) is 9.32. The van der Waals surface area contributed by atoms with Crippen LogP contribution in [0.25, 0.3) is 0 Å². The highest BCUT2D eigenvalue weighted by molar-refractivity contribution is 6.32. The van der Waals surface area contributed by atoms with Gasteiger partial charge in [0.1, 0.15) is 29.5 Å². The standard InChI is InChI=1S/C28H34ClN5O6.ClH/c1-18(2)32-26(35)10-13-38-21-5-8-24(20(14-21)16-30)39-12-3-11-31-28(37)17-40-25-7-4-19(15-22(25)29)23-6-9-27(36)34-33-23;/h4-5,7-8,14-15,18,26,32,35H,3,6,9-13,17H2,1-2H3,(H,31,37)(H,34,36);1H. The summed E-state index contributed by atoms with van der Waals surface area (Å²) in [6, 6.07) is 12.3. The lowest BCUT2D eigenvalue weighted by Crippen LogP contribution is -2.35. The van der Waals surface area contributed by atoms with Crippen molar-refractivity contribution in [1.29, 1.82) is 5.26 Å². The van der Waals surface area contributed by atoms with Crippen molar-refractivity contribution in [2.45, 2.75) is 51.8 Å². The largest absolute Gasteiger partial charge is 0.493 e. The van der Waals surface area contributed by atoms with Crippen LogP contribution in [0.4, 0.5) is 0 Å². The van der Waals surface area contributed by atoms with Gasteiger partial charge < -0.3 is 24.6 Å². The van der Waals surface area contributed by atoms with Crippen molar-refractivity contribution in [1.82, 2.24) is 16.1 Å². The number of nitriles is 1. The number of hydrogen-bond acceptors (Lipinski definition) is 9. The molecule has 1 atom stereocenters. The predicted molar refractivity (Wildman–Crippen MR) is 157 cm³/mol. The maximum Gasteiger partial charge on any atom is 0.257 e. The molecule has 2 aromatic rings. The van der Waals surface area contributed by atoms with Crippen LogP contribution in [0.15, 0.2) is 41.5 Å². The molecule has 1 aliphatic rings. The highest BCUT2D eigenvalue weighted by Gasteiger charge is 2.15. The third-order valence-electron chi connectivity index (χ3n) is 5.69. The zero-order valence-electron chi connectivity index (χ0n) is 22.9. The number of amides is 2.